The average Bonchev–Trinajstić information content (AvgIpc) is 2.78. The van der Waals surface area contributed by atoms with Gasteiger partial charge < -0.3 is 31.1 Å². The van der Waals surface area contributed by atoms with Crippen LogP contribution in [0.5, 0.6) is 0 Å². The first-order valence-corrected chi connectivity index (χ1v) is 9.55. The fraction of sp³-hybridized carbons (Fsp3) is 0.400. The van der Waals surface area contributed by atoms with Crippen molar-refractivity contribution in [2.75, 3.05) is 44.2 Å². The maximum atomic E-state index is 12.2. The fourth-order valence-corrected chi connectivity index (χ4v) is 2.53. The Labute approximate surface area is 187 Å². The number of aliphatic carboxylic acids is 2. The lowest BCUT2D eigenvalue weighted by Gasteiger charge is -2.29. The van der Waals surface area contributed by atoms with E-state index in [2.05, 4.69) is 26.8 Å². The number of nitrogens with one attached hydrogen (secondary N) is 3. The van der Waals surface area contributed by atoms with Gasteiger partial charge >= 0.3 is 18.1 Å². The van der Waals surface area contributed by atoms with Crippen molar-refractivity contribution in [2.45, 2.75) is 6.18 Å². The number of benzene rings is 1. The number of amides is 2. The lowest BCUT2D eigenvalue weighted by atomic mass is 10.1. The van der Waals surface area contributed by atoms with Gasteiger partial charge in [-0.2, -0.15) is 13.2 Å². The third-order valence-corrected chi connectivity index (χ3v) is 4.25. The van der Waals surface area contributed by atoms with E-state index in [1.165, 1.54) is 0 Å². The Hall–Kier alpha value is -3.79. The van der Waals surface area contributed by atoms with Crippen molar-refractivity contribution < 1.29 is 42.6 Å². The SMILES string of the molecule is C#C[C@@H](CNC(=O)CNC(=O)c1cccc(N2CCNCC2)c1)C(=O)O.O=C(O)C(F)(F)F. The average molecular weight is 472 g/mol. The minimum Gasteiger partial charge on any atom is -0.480 e. The van der Waals surface area contributed by atoms with Crippen molar-refractivity contribution >= 4 is 29.4 Å². The Bertz CT molecular complexity index is 895. The van der Waals surface area contributed by atoms with Gasteiger partial charge in [-0.05, 0) is 18.2 Å². The maximum Gasteiger partial charge on any atom is 0.490 e. The topological polar surface area (TPSA) is 148 Å². The van der Waals surface area contributed by atoms with Gasteiger partial charge in [-0.1, -0.05) is 12.0 Å². The Kier molecular flexibility index (Phi) is 10.7. The van der Waals surface area contributed by atoms with Crippen LogP contribution < -0.4 is 20.9 Å². The molecule has 1 aromatic carbocycles. The van der Waals surface area contributed by atoms with Crippen molar-refractivity contribution in [1.29, 1.82) is 0 Å². The fourth-order valence-electron chi connectivity index (χ4n) is 2.53. The monoisotopic (exact) mass is 472 g/mol. The zero-order valence-electron chi connectivity index (χ0n) is 17.3. The molecule has 0 radical (unpaired) electrons. The van der Waals surface area contributed by atoms with Gasteiger partial charge in [0.05, 0.1) is 6.54 Å². The molecule has 1 aliphatic heterocycles. The highest BCUT2D eigenvalue weighted by Crippen LogP contribution is 2.16. The molecular weight excluding hydrogens is 449 g/mol. The second-order valence-electron chi connectivity index (χ2n) is 6.63. The molecule has 1 heterocycles. The van der Waals surface area contributed by atoms with Crippen LogP contribution in [0.15, 0.2) is 24.3 Å². The quantitative estimate of drug-likeness (QED) is 0.346. The molecule has 1 atom stereocenters. The molecule has 2 amide bonds. The van der Waals surface area contributed by atoms with Crippen molar-refractivity contribution in [2.24, 2.45) is 5.92 Å². The summed E-state index contributed by atoms with van der Waals surface area (Å²) < 4.78 is 31.7. The first-order chi connectivity index (χ1) is 15.5. The number of rotatable bonds is 7. The van der Waals surface area contributed by atoms with Crippen LogP contribution in [-0.2, 0) is 14.4 Å². The van der Waals surface area contributed by atoms with Crippen LogP contribution in [0.3, 0.4) is 0 Å². The molecule has 33 heavy (non-hydrogen) atoms. The van der Waals surface area contributed by atoms with Gasteiger partial charge in [0.1, 0.15) is 5.92 Å². The molecule has 1 aromatic rings. The summed E-state index contributed by atoms with van der Waals surface area (Å²) in [6, 6.07) is 7.21. The van der Waals surface area contributed by atoms with Gasteiger partial charge in [0.25, 0.3) is 5.91 Å². The highest BCUT2D eigenvalue weighted by Gasteiger charge is 2.38. The molecule has 5 N–H and O–H groups in total. The second kappa shape index (κ2) is 12.9. The molecule has 0 bridgehead atoms. The molecule has 0 aromatic heterocycles. The van der Waals surface area contributed by atoms with Gasteiger partial charge in [-0.3, -0.25) is 14.4 Å². The van der Waals surface area contributed by atoms with E-state index in [0.717, 1.165) is 31.9 Å². The molecular formula is C20H23F3N4O6. The van der Waals surface area contributed by atoms with E-state index >= 15 is 0 Å². The molecule has 2 rings (SSSR count). The number of hydrogen-bond acceptors (Lipinski definition) is 6. The number of alkyl halides is 3. The maximum absolute atomic E-state index is 12.2. The highest BCUT2D eigenvalue weighted by molar-refractivity contribution is 5.97. The van der Waals surface area contributed by atoms with Gasteiger partial charge in [0.15, 0.2) is 0 Å². The van der Waals surface area contributed by atoms with E-state index in [0.29, 0.717) is 5.56 Å². The molecule has 1 fully saturated rings. The number of piperazine rings is 1. The van der Waals surface area contributed by atoms with Gasteiger partial charge in [0, 0.05) is 44.0 Å². The van der Waals surface area contributed by atoms with Gasteiger partial charge in [0.2, 0.25) is 5.91 Å². The van der Waals surface area contributed by atoms with E-state index in [1.807, 2.05) is 6.07 Å². The normalized spacial score (nSPS) is 14.1. The third kappa shape index (κ3) is 9.92. The molecule has 10 nitrogen and oxygen atoms in total. The summed E-state index contributed by atoms with van der Waals surface area (Å²) in [7, 11) is 0. The molecule has 0 spiro atoms. The number of carbonyl (C=O) groups excluding carboxylic acids is 2. The van der Waals surface area contributed by atoms with Crippen LogP contribution in [0.1, 0.15) is 10.4 Å². The number of halogens is 3. The van der Waals surface area contributed by atoms with E-state index in [4.69, 9.17) is 21.4 Å². The molecule has 180 valence electrons. The van der Waals surface area contributed by atoms with Crippen LogP contribution in [0.4, 0.5) is 18.9 Å². The Morgan fingerprint density at radius 1 is 1.15 bits per heavy atom. The number of carbonyl (C=O) groups is 4. The van der Waals surface area contributed by atoms with Crippen LogP contribution in [-0.4, -0.2) is 79.4 Å². The van der Waals surface area contributed by atoms with Crippen molar-refractivity contribution in [3.8, 4) is 12.3 Å². The first kappa shape index (κ1) is 27.2. The second-order valence-corrected chi connectivity index (χ2v) is 6.63. The summed E-state index contributed by atoms with van der Waals surface area (Å²) in [5, 5.41) is 24.1. The molecule has 13 heteroatoms. The minimum absolute atomic E-state index is 0.182. The Morgan fingerprint density at radius 2 is 1.76 bits per heavy atom. The number of anilines is 1. The summed E-state index contributed by atoms with van der Waals surface area (Å²) in [6.07, 6.45) is -0.00935. The van der Waals surface area contributed by atoms with Gasteiger partial charge in [-0.25, -0.2) is 4.79 Å². The van der Waals surface area contributed by atoms with E-state index in [-0.39, 0.29) is 19.0 Å². The molecule has 1 aliphatic rings. The lowest BCUT2D eigenvalue weighted by Crippen LogP contribution is -2.43. The van der Waals surface area contributed by atoms with Gasteiger partial charge in [-0.15, -0.1) is 6.42 Å². The van der Waals surface area contributed by atoms with Crippen molar-refractivity contribution in [3.63, 3.8) is 0 Å². The summed E-state index contributed by atoms with van der Waals surface area (Å²) >= 11 is 0. The number of terminal acetylenes is 1. The summed E-state index contributed by atoms with van der Waals surface area (Å²) in [5.74, 6) is -3.83. The Balaban J connectivity index is 0.000000675. The molecule has 0 unspecified atom stereocenters. The first-order valence-electron chi connectivity index (χ1n) is 9.55. The lowest BCUT2D eigenvalue weighted by molar-refractivity contribution is -0.192. The largest absolute Gasteiger partial charge is 0.490 e. The minimum atomic E-state index is -5.08. The van der Waals surface area contributed by atoms with Crippen LogP contribution in [0.2, 0.25) is 0 Å². The standard InChI is InChI=1S/C18H22N4O4.C2HF3O2/c1-2-13(18(25)26)11-20-16(23)12-21-17(24)14-4-3-5-15(10-14)22-8-6-19-7-9-22;3-2(4,5)1(6)7/h1,3-5,10,13,19H,6-9,11-12H2,(H,20,23)(H,21,24)(H,25,26);(H,6,7)/t13-;/m0./s1. The van der Waals surface area contributed by atoms with Crippen LogP contribution in [0.25, 0.3) is 0 Å². The van der Waals surface area contributed by atoms with Crippen molar-refractivity contribution in [1.82, 2.24) is 16.0 Å². The van der Waals surface area contributed by atoms with Crippen LogP contribution >= 0.6 is 0 Å². The summed E-state index contributed by atoms with van der Waals surface area (Å²) in [4.78, 5) is 45.8. The van der Waals surface area contributed by atoms with E-state index in [9.17, 15) is 27.6 Å². The third-order valence-electron chi connectivity index (χ3n) is 4.25. The van der Waals surface area contributed by atoms with E-state index < -0.39 is 29.9 Å². The zero-order chi connectivity index (χ0) is 25.0. The number of carboxylic acid groups (broad SMARTS) is 2. The highest BCUT2D eigenvalue weighted by atomic mass is 19.4. The number of nitrogens with zero attached hydrogens (tertiary/aromatic N) is 1. The van der Waals surface area contributed by atoms with Crippen LogP contribution in [0, 0.1) is 18.3 Å². The zero-order valence-corrected chi connectivity index (χ0v) is 17.3. The molecule has 1 saturated heterocycles. The Morgan fingerprint density at radius 3 is 2.27 bits per heavy atom. The summed E-state index contributed by atoms with van der Waals surface area (Å²) in [6.45, 7) is 3.09. The predicted octanol–water partition coefficient (Wildman–Crippen LogP) is -0.0905. The van der Waals surface area contributed by atoms with Crippen molar-refractivity contribution in [3.05, 3.63) is 29.8 Å². The number of carboxylic acids is 2. The smallest absolute Gasteiger partial charge is 0.480 e. The molecule has 0 saturated carbocycles. The molecule has 0 aliphatic carbocycles. The predicted molar refractivity (Wildman–Crippen MR) is 111 cm³/mol. The number of hydrogen-bond donors (Lipinski definition) is 5. The van der Waals surface area contributed by atoms with E-state index in [1.54, 1.807) is 18.2 Å². The summed E-state index contributed by atoms with van der Waals surface area (Å²) in [5.41, 5.74) is 1.42.